The lowest BCUT2D eigenvalue weighted by atomic mass is 9.84. The summed E-state index contributed by atoms with van der Waals surface area (Å²) in [6, 6.07) is 8.81. The predicted molar refractivity (Wildman–Crippen MR) is 85.4 cm³/mol. The molecule has 0 spiro atoms. The van der Waals surface area contributed by atoms with Gasteiger partial charge in [-0.25, -0.2) is 0 Å². The fourth-order valence-corrected chi connectivity index (χ4v) is 3.54. The maximum Gasteiger partial charge on any atom is 0.227 e. The molecule has 0 bridgehead atoms. The topological polar surface area (TPSA) is 32.3 Å². The van der Waals surface area contributed by atoms with Crippen LogP contribution in [0.3, 0.4) is 0 Å². The van der Waals surface area contributed by atoms with E-state index in [4.69, 9.17) is 0 Å². The zero-order valence-corrected chi connectivity index (χ0v) is 12.8. The van der Waals surface area contributed by atoms with Gasteiger partial charge in [0.15, 0.2) is 0 Å². The summed E-state index contributed by atoms with van der Waals surface area (Å²) in [7, 11) is 0. The number of amides is 1. The average Bonchev–Trinajstić information content (AvgIpc) is 2.57. The molecule has 1 saturated heterocycles. The van der Waals surface area contributed by atoms with Gasteiger partial charge in [0.1, 0.15) is 0 Å². The van der Waals surface area contributed by atoms with E-state index in [1.807, 2.05) is 4.90 Å². The molecule has 3 nitrogen and oxygen atoms in total. The molecule has 1 amide bonds. The van der Waals surface area contributed by atoms with Crippen LogP contribution in [0.25, 0.3) is 0 Å². The van der Waals surface area contributed by atoms with Crippen molar-refractivity contribution in [2.75, 3.05) is 26.2 Å². The Morgan fingerprint density at radius 2 is 1.71 bits per heavy atom. The van der Waals surface area contributed by atoms with Gasteiger partial charge in [-0.2, -0.15) is 0 Å². The van der Waals surface area contributed by atoms with Crippen molar-refractivity contribution in [3.63, 3.8) is 0 Å². The van der Waals surface area contributed by atoms with Gasteiger partial charge in [0, 0.05) is 26.2 Å². The van der Waals surface area contributed by atoms with Crippen LogP contribution in [0.15, 0.2) is 24.3 Å². The van der Waals surface area contributed by atoms with Crippen LogP contribution in [-0.2, 0) is 11.2 Å². The lowest BCUT2D eigenvalue weighted by Gasteiger charge is -2.27. The fourth-order valence-electron chi connectivity index (χ4n) is 3.54. The fraction of sp³-hybridized carbons (Fsp3) is 0.611. The van der Waals surface area contributed by atoms with Gasteiger partial charge in [-0.3, -0.25) is 4.79 Å². The van der Waals surface area contributed by atoms with Crippen molar-refractivity contribution in [3.05, 3.63) is 35.4 Å². The molecule has 3 heteroatoms. The number of nitrogens with zero attached hydrogens (tertiary/aromatic N) is 1. The summed E-state index contributed by atoms with van der Waals surface area (Å²) < 4.78 is 0. The van der Waals surface area contributed by atoms with Crippen molar-refractivity contribution < 1.29 is 4.79 Å². The summed E-state index contributed by atoms with van der Waals surface area (Å²) in [5.41, 5.74) is 2.62. The smallest absolute Gasteiger partial charge is 0.227 e. The second-order valence-electron chi connectivity index (χ2n) is 6.38. The Morgan fingerprint density at radius 1 is 1.05 bits per heavy atom. The van der Waals surface area contributed by atoms with Crippen LogP contribution in [0.5, 0.6) is 0 Å². The van der Waals surface area contributed by atoms with Gasteiger partial charge in [-0.15, -0.1) is 0 Å². The molecule has 2 aliphatic rings. The summed E-state index contributed by atoms with van der Waals surface area (Å²) in [5, 5.41) is 3.28. The Bertz CT molecular complexity index is 457. The van der Waals surface area contributed by atoms with Crippen molar-refractivity contribution in [2.45, 2.75) is 44.4 Å². The summed E-state index contributed by atoms with van der Waals surface area (Å²) in [6.07, 6.45) is 7.35. The van der Waals surface area contributed by atoms with Crippen molar-refractivity contribution in [3.8, 4) is 0 Å². The lowest BCUT2D eigenvalue weighted by molar-refractivity contribution is -0.131. The Kier molecular flexibility index (Phi) is 4.91. The number of hydrogen-bond acceptors (Lipinski definition) is 2. The van der Waals surface area contributed by atoms with Gasteiger partial charge in [0.2, 0.25) is 5.91 Å². The van der Waals surface area contributed by atoms with Crippen molar-refractivity contribution in [2.24, 2.45) is 0 Å². The molecule has 1 saturated carbocycles. The van der Waals surface area contributed by atoms with Gasteiger partial charge < -0.3 is 10.2 Å². The van der Waals surface area contributed by atoms with Gasteiger partial charge in [0.05, 0.1) is 6.42 Å². The third-order valence-corrected chi connectivity index (χ3v) is 4.88. The summed E-state index contributed by atoms with van der Waals surface area (Å²) >= 11 is 0. The first-order valence-corrected chi connectivity index (χ1v) is 8.40. The Morgan fingerprint density at radius 3 is 2.38 bits per heavy atom. The maximum atomic E-state index is 12.3. The Balaban J connectivity index is 1.57. The molecule has 0 radical (unpaired) electrons. The van der Waals surface area contributed by atoms with E-state index in [-0.39, 0.29) is 5.91 Å². The minimum Gasteiger partial charge on any atom is -0.340 e. The quantitative estimate of drug-likeness (QED) is 0.926. The Hall–Kier alpha value is -1.35. The zero-order valence-electron chi connectivity index (χ0n) is 12.8. The summed E-state index contributed by atoms with van der Waals surface area (Å²) in [5.74, 6) is 1.01. The minimum atomic E-state index is 0.266. The van der Waals surface area contributed by atoms with Crippen LogP contribution >= 0.6 is 0 Å². The van der Waals surface area contributed by atoms with E-state index in [0.29, 0.717) is 6.42 Å². The molecule has 1 aromatic rings. The highest BCUT2D eigenvalue weighted by Gasteiger charge is 2.17. The van der Waals surface area contributed by atoms with E-state index in [0.717, 1.165) is 37.7 Å². The average molecular weight is 286 g/mol. The van der Waals surface area contributed by atoms with Crippen molar-refractivity contribution in [1.29, 1.82) is 0 Å². The molecule has 114 valence electrons. The van der Waals surface area contributed by atoms with Crippen LogP contribution in [0, 0.1) is 0 Å². The first-order chi connectivity index (χ1) is 10.3. The van der Waals surface area contributed by atoms with E-state index in [1.165, 1.54) is 37.7 Å². The van der Waals surface area contributed by atoms with E-state index in [2.05, 4.69) is 29.6 Å². The number of hydrogen-bond donors (Lipinski definition) is 1. The zero-order chi connectivity index (χ0) is 14.5. The molecule has 1 aliphatic heterocycles. The van der Waals surface area contributed by atoms with Crippen LogP contribution < -0.4 is 5.32 Å². The van der Waals surface area contributed by atoms with Crippen molar-refractivity contribution >= 4 is 5.91 Å². The SMILES string of the molecule is O=C(Cc1ccc(C2CCCCC2)cc1)N1CCNCC1. The second kappa shape index (κ2) is 7.08. The third-order valence-electron chi connectivity index (χ3n) is 4.88. The van der Waals surface area contributed by atoms with Crippen LogP contribution in [-0.4, -0.2) is 37.0 Å². The highest BCUT2D eigenvalue weighted by Crippen LogP contribution is 2.32. The summed E-state index contributed by atoms with van der Waals surface area (Å²) in [6.45, 7) is 3.54. The molecule has 0 unspecified atom stereocenters. The normalized spacial score (nSPS) is 20.5. The van der Waals surface area contributed by atoms with Crippen molar-refractivity contribution in [1.82, 2.24) is 10.2 Å². The van der Waals surface area contributed by atoms with Gasteiger partial charge in [-0.05, 0) is 29.9 Å². The number of nitrogens with one attached hydrogen (secondary N) is 1. The largest absolute Gasteiger partial charge is 0.340 e. The molecular formula is C18H26N2O. The first kappa shape index (κ1) is 14.6. The highest BCUT2D eigenvalue weighted by atomic mass is 16.2. The molecule has 1 N–H and O–H groups in total. The van der Waals surface area contributed by atoms with E-state index in [9.17, 15) is 4.79 Å². The molecule has 1 heterocycles. The number of piperazine rings is 1. The second-order valence-corrected chi connectivity index (χ2v) is 6.38. The molecule has 2 fully saturated rings. The third kappa shape index (κ3) is 3.85. The summed E-state index contributed by atoms with van der Waals surface area (Å²) in [4.78, 5) is 14.2. The van der Waals surface area contributed by atoms with Crippen LogP contribution in [0.2, 0.25) is 0 Å². The standard InChI is InChI=1S/C18H26N2O/c21-18(20-12-10-19-11-13-20)14-15-6-8-17(9-7-15)16-4-2-1-3-5-16/h6-9,16,19H,1-5,10-14H2. The molecule has 0 atom stereocenters. The number of rotatable bonds is 3. The number of benzene rings is 1. The molecule has 3 rings (SSSR count). The van der Waals surface area contributed by atoms with E-state index in [1.54, 1.807) is 0 Å². The van der Waals surface area contributed by atoms with Gasteiger partial charge >= 0.3 is 0 Å². The van der Waals surface area contributed by atoms with E-state index >= 15 is 0 Å². The Labute approximate surface area is 127 Å². The molecule has 1 aromatic carbocycles. The van der Waals surface area contributed by atoms with Gasteiger partial charge in [-0.1, -0.05) is 43.5 Å². The number of carbonyl (C=O) groups is 1. The van der Waals surface area contributed by atoms with Crippen LogP contribution in [0.1, 0.15) is 49.1 Å². The monoisotopic (exact) mass is 286 g/mol. The lowest BCUT2D eigenvalue weighted by Crippen LogP contribution is -2.46. The molecule has 1 aliphatic carbocycles. The molecule has 21 heavy (non-hydrogen) atoms. The first-order valence-electron chi connectivity index (χ1n) is 8.40. The molecular weight excluding hydrogens is 260 g/mol. The minimum absolute atomic E-state index is 0.266. The maximum absolute atomic E-state index is 12.3. The van der Waals surface area contributed by atoms with E-state index < -0.39 is 0 Å². The van der Waals surface area contributed by atoms with Crippen LogP contribution in [0.4, 0.5) is 0 Å². The number of carbonyl (C=O) groups excluding carboxylic acids is 1. The highest BCUT2D eigenvalue weighted by molar-refractivity contribution is 5.78. The predicted octanol–water partition coefficient (Wildman–Crippen LogP) is 2.71. The molecule has 0 aromatic heterocycles. The van der Waals surface area contributed by atoms with Gasteiger partial charge in [0.25, 0.3) is 0 Å².